The van der Waals surface area contributed by atoms with E-state index in [1.807, 2.05) is 0 Å². The van der Waals surface area contributed by atoms with Crippen LogP contribution in [0.15, 0.2) is 66.7 Å². The zero-order valence-corrected chi connectivity index (χ0v) is 18.7. The van der Waals surface area contributed by atoms with Gasteiger partial charge in [0, 0.05) is 0 Å². The van der Waals surface area contributed by atoms with Gasteiger partial charge in [-0.25, -0.2) is 0 Å². The van der Waals surface area contributed by atoms with Gasteiger partial charge in [0.05, 0.1) is 0 Å². The molecular formula is C23H29Hf+. The second-order valence-electron chi connectivity index (χ2n) is 5.41. The molecule has 0 aliphatic rings. The Morgan fingerprint density at radius 1 is 0.792 bits per heavy atom. The molecule has 0 fully saturated rings. The maximum Gasteiger partial charge on any atom is 4.00 e. The summed E-state index contributed by atoms with van der Waals surface area (Å²) in [6.45, 7) is 11.4. The quantitative estimate of drug-likeness (QED) is 0.268. The fraction of sp³-hybridized carbons (Fsp3) is 0.261. The molecular weight excluding hydrogens is 455 g/mol. The second kappa shape index (κ2) is 14.3. The molecule has 0 aliphatic carbocycles. The zero-order valence-electron chi connectivity index (χ0n) is 15.1. The van der Waals surface area contributed by atoms with Crippen molar-refractivity contribution in [1.29, 1.82) is 0 Å². The van der Waals surface area contributed by atoms with Crippen molar-refractivity contribution in [1.82, 2.24) is 0 Å². The van der Waals surface area contributed by atoms with Gasteiger partial charge in [0.2, 0.25) is 0 Å². The van der Waals surface area contributed by atoms with E-state index in [1.54, 1.807) is 0 Å². The first-order valence-corrected chi connectivity index (χ1v) is 8.56. The molecule has 3 rings (SSSR count). The van der Waals surface area contributed by atoms with Crippen LogP contribution >= 0.6 is 0 Å². The van der Waals surface area contributed by atoms with Gasteiger partial charge in [-0.05, 0) is 5.56 Å². The van der Waals surface area contributed by atoms with E-state index in [4.69, 9.17) is 0 Å². The van der Waals surface area contributed by atoms with E-state index < -0.39 is 0 Å². The summed E-state index contributed by atoms with van der Waals surface area (Å²) < 4.78 is 0. The molecule has 0 heterocycles. The summed E-state index contributed by atoms with van der Waals surface area (Å²) in [6.07, 6.45) is 4.56. The van der Waals surface area contributed by atoms with Crippen molar-refractivity contribution in [2.24, 2.45) is 0 Å². The molecule has 0 unspecified atom stereocenters. The fourth-order valence-electron chi connectivity index (χ4n) is 2.03. The third-order valence-corrected chi connectivity index (χ3v) is 3.47. The molecule has 0 atom stereocenters. The van der Waals surface area contributed by atoms with Crippen molar-refractivity contribution in [2.45, 2.75) is 39.5 Å². The number of benzene rings is 2. The Bertz CT molecular complexity index is 629. The molecule has 0 bridgehead atoms. The summed E-state index contributed by atoms with van der Waals surface area (Å²) >= 11 is 0. The van der Waals surface area contributed by atoms with Crippen LogP contribution in [0.25, 0.3) is 21.9 Å². The van der Waals surface area contributed by atoms with Crippen LogP contribution in [0.1, 0.15) is 39.5 Å². The minimum Gasteiger partial charge on any atom is -0.343 e. The van der Waals surface area contributed by atoms with Crippen molar-refractivity contribution in [3.8, 4) is 11.1 Å². The van der Waals surface area contributed by atoms with Crippen molar-refractivity contribution in [3.63, 3.8) is 0 Å². The van der Waals surface area contributed by atoms with Gasteiger partial charge < -0.3 is 13.8 Å². The van der Waals surface area contributed by atoms with Gasteiger partial charge in [-0.15, -0.1) is 29.0 Å². The average molecular weight is 484 g/mol. The maximum atomic E-state index is 3.60. The SMILES string of the molecule is [CH2-]CCC.[CH2-]CCC.[Hf+4].c1ccc(-c2cccc3[cH-]ccc23)cc1. The first-order chi connectivity index (χ1) is 11.3. The molecule has 1 heteroatoms. The predicted molar refractivity (Wildman–Crippen MR) is 106 cm³/mol. The smallest absolute Gasteiger partial charge is 0.343 e. The molecule has 3 aromatic carbocycles. The predicted octanol–water partition coefficient (Wildman–Crippen LogP) is 7.46. The topological polar surface area (TPSA) is 0 Å². The standard InChI is InChI=1S/C15H11.2C4H9.Hf/c1-2-6-12(7-3-1)14-10-4-8-13-9-5-11-15(13)14;2*1-3-4-2;/h1-11H;2*1,3-4H2,2H3;/q3*-1;+4. The van der Waals surface area contributed by atoms with Crippen LogP contribution in [0.4, 0.5) is 0 Å². The van der Waals surface area contributed by atoms with Crippen molar-refractivity contribution < 1.29 is 25.8 Å². The molecule has 0 radical (unpaired) electrons. The van der Waals surface area contributed by atoms with E-state index >= 15 is 0 Å². The number of hydrogen-bond donors (Lipinski definition) is 0. The van der Waals surface area contributed by atoms with E-state index in [2.05, 4.69) is 94.4 Å². The van der Waals surface area contributed by atoms with Crippen LogP contribution in [0.2, 0.25) is 0 Å². The summed E-state index contributed by atoms with van der Waals surface area (Å²) in [5.41, 5.74) is 2.60. The Kier molecular flexibility index (Phi) is 13.6. The number of hydrogen-bond acceptors (Lipinski definition) is 0. The zero-order chi connectivity index (χ0) is 16.9. The molecule has 0 saturated carbocycles. The van der Waals surface area contributed by atoms with Crippen LogP contribution in [0.3, 0.4) is 0 Å². The number of rotatable bonds is 3. The number of fused-ring (bicyclic) bond motifs is 1. The summed E-state index contributed by atoms with van der Waals surface area (Å²) in [6, 6.07) is 23.4. The molecule has 0 spiro atoms. The Balaban J connectivity index is 0.000000503. The summed E-state index contributed by atoms with van der Waals surface area (Å²) in [7, 11) is 0. The van der Waals surface area contributed by atoms with Gasteiger partial charge in [0.25, 0.3) is 0 Å². The first-order valence-electron chi connectivity index (χ1n) is 8.56. The largest absolute Gasteiger partial charge is 4.00 e. The Morgan fingerprint density at radius 3 is 1.92 bits per heavy atom. The van der Waals surface area contributed by atoms with E-state index in [9.17, 15) is 0 Å². The minimum absolute atomic E-state index is 0. The van der Waals surface area contributed by atoms with Crippen LogP contribution in [0, 0.1) is 13.8 Å². The van der Waals surface area contributed by atoms with Gasteiger partial charge in [-0.2, -0.15) is 25.0 Å². The number of unbranched alkanes of at least 4 members (excludes halogenated alkanes) is 2. The first kappa shape index (κ1) is 22.9. The van der Waals surface area contributed by atoms with Crippen molar-refractivity contribution >= 4 is 10.8 Å². The van der Waals surface area contributed by atoms with Crippen molar-refractivity contribution in [3.05, 3.63) is 80.6 Å². The normalized spacial score (nSPS) is 9.17. The van der Waals surface area contributed by atoms with Crippen LogP contribution in [-0.2, 0) is 25.8 Å². The third-order valence-electron chi connectivity index (χ3n) is 3.47. The van der Waals surface area contributed by atoms with E-state index in [0.29, 0.717) is 0 Å². The van der Waals surface area contributed by atoms with Crippen LogP contribution in [0.5, 0.6) is 0 Å². The Morgan fingerprint density at radius 2 is 1.38 bits per heavy atom. The van der Waals surface area contributed by atoms with Gasteiger partial charge in [-0.3, -0.25) is 0 Å². The van der Waals surface area contributed by atoms with E-state index in [1.165, 1.54) is 34.7 Å². The molecule has 0 aliphatic heterocycles. The van der Waals surface area contributed by atoms with E-state index in [0.717, 1.165) is 12.8 Å². The average Bonchev–Trinajstić information content (AvgIpc) is 3.11. The molecule has 0 nitrogen and oxygen atoms in total. The minimum atomic E-state index is 0. The van der Waals surface area contributed by atoms with Crippen molar-refractivity contribution in [2.75, 3.05) is 0 Å². The maximum absolute atomic E-state index is 3.60. The third kappa shape index (κ3) is 7.66. The molecule has 0 aromatic heterocycles. The molecule has 0 N–H and O–H groups in total. The molecule has 0 saturated heterocycles. The fourth-order valence-corrected chi connectivity index (χ4v) is 2.03. The van der Waals surface area contributed by atoms with Gasteiger partial charge in [-0.1, -0.05) is 68.7 Å². The van der Waals surface area contributed by atoms with Crippen LogP contribution < -0.4 is 0 Å². The summed E-state index contributed by atoms with van der Waals surface area (Å²) in [5.74, 6) is 0. The monoisotopic (exact) mass is 485 g/mol. The molecule has 124 valence electrons. The Labute approximate surface area is 167 Å². The summed E-state index contributed by atoms with van der Waals surface area (Å²) in [4.78, 5) is 0. The summed E-state index contributed by atoms with van der Waals surface area (Å²) in [5, 5.41) is 2.65. The van der Waals surface area contributed by atoms with E-state index in [-0.39, 0.29) is 25.8 Å². The van der Waals surface area contributed by atoms with Gasteiger partial charge in [0.1, 0.15) is 0 Å². The van der Waals surface area contributed by atoms with Gasteiger partial charge >= 0.3 is 25.8 Å². The molecule has 24 heavy (non-hydrogen) atoms. The van der Waals surface area contributed by atoms with Crippen LogP contribution in [-0.4, -0.2) is 0 Å². The van der Waals surface area contributed by atoms with Gasteiger partial charge in [0.15, 0.2) is 0 Å². The molecule has 0 amide bonds. The Hall–Kier alpha value is -1.08. The second-order valence-corrected chi connectivity index (χ2v) is 5.41. The molecule has 3 aromatic rings.